The van der Waals surface area contributed by atoms with Gasteiger partial charge in [0.1, 0.15) is 0 Å². The lowest BCUT2D eigenvalue weighted by atomic mass is 10.2. The lowest BCUT2D eigenvalue weighted by Crippen LogP contribution is -2.07. The van der Waals surface area contributed by atoms with Crippen molar-refractivity contribution in [3.05, 3.63) is 0 Å². The third kappa shape index (κ3) is 22.6. The summed E-state index contributed by atoms with van der Waals surface area (Å²) < 4.78 is 56.6. The molecule has 0 amide bonds. The van der Waals surface area contributed by atoms with E-state index in [9.17, 15) is 22.0 Å². The van der Waals surface area contributed by atoms with Crippen molar-refractivity contribution >= 4 is 0 Å². The topological polar surface area (TPSA) is 0 Å². The Morgan fingerprint density at radius 3 is 1.14 bits per heavy atom. The number of halogens is 5. The van der Waals surface area contributed by atoms with Gasteiger partial charge in [0, 0.05) is 12.8 Å². The highest BCUT2D eigenvalue weighted by molar-refractivity contribution is 4.54. The SMILES string of the molecule is CCCC(C)(F)F.CCCC(F)(F)F. The Bertz CT molecular complexity index is 106. The van der Waals surface area contributed by atoms with E-state index < -0.39 is 18.5 Å². The smallest absolute Gasteiger partial charge is 0.207 e. The van der Waals surface area contributed by atoms with E-state index in [4.69, 9.17) is 0 Å². The highest BCUT2D eigenvalue weighted by Crippen LogP contribution is 2.20. The number of hydrogen-bond acceptors (Lipinski definition) is 0. The second-order valence-electron chi connectivity index (χ2n) is 3.19. The van der Waals surface area contributed by atoms with Crippen LogP contribution in [0.25, 0.3) is 0 Å². The van der Waals surface area contributed by atoms with E-state index in [1.165, 1.54) is 6.92 Å². The first kappa shape index (κ1) is 16.1. The van der Waals surface area contributed by atoms with E-state index in [1.807, 2.05) is 0 Å². The molecule has 0 aliphatic carbocycles. The Labute approximate surface area is 81.5 Å². The van der Waals surface area contributed by atoms with Crippen molar-refractivity contribution in [2.24, 2.45) is 0 Å². The van der Waals surface area contributed by atoms with E-state index in [2.05, 4.69) is 0 Å². The molecule has 0 aromatic heterocycles. The van der Waals surface area contributed by atoms with Gasteiger partial charge in [-0.3, -0.25) is 0 Å². The maximum Gasteiger partial charge on any atom is 0.389 e. The zero-order valence-corrected chi connectivity index (χ0v) is 8.72. The van der Waals surface area contributed by atoms with Gasteiger partial charge >= 0.3 is 6.18 Å². The molecule has 0 spiro atoms. The van der Waals surface area contributed by atoms with E-state index in [0.717, 1.165) is 6.92 Å². The number of hydrogen-bond donors (Lipinski definition) is 0. The van der Waals surface area contributed by atoms with Crippen LogP contribution in [-0.4, -0.2) is 12.1 Å². The van der Waals surface area contributed by atoms with E-state index in [-0.39, 0.29) is 12.8 Å². The fraction of sp³-hybridized carbons (Fsp3) is 1.00. The molecule has 0 N–H and O–H groups in total. The van der Waals surface area contributed by atoms with Gasteiger partial charge in [0.15, 0.2) is 0 Å². The highest BCUT2D eigenvalue weighted by atomic mass is 19.4. The summed E-state index contributed by atoms with van der Waals surface area (Å²) in [7, 11) is 0. The molecule has 0 fully saturated rings. The molecule has 0 unspecified atom stereocenters. The maximum atomic E-state index is 11.7. The van der Waals surface area contributed by atoms with Crippen LogP contribution in [0.15, 0.2) is 0 Å². The first-order valence-electron chi connectivity index (χ1n) is 4.57. The fourth-order valence-electron chi connectivity index (χ4n) is 0.722. The first-order valence-corrected chi connectivity index (χ1v) is 4.57. The van der Waals surface area contributed by atoms with E-state index in [1.54, 1.807) is 6.92 Å². The van der Waals surface area contributed by atoms with Crippen LogP contribution in [0.2, 0.25) is 0 Å². The van der Waals surface area contributed by atoms with Gasteiger partial charge in [-0.05, 0) is 13.3 Å². The third-order valence-electron chi connectivity index (χ3n) is 1.22. The molecule has 0 aliphatic rings. The van der Waals surface area contributed by atoms with Crippen molar-refractivity contribution in [3.8, 4) is 0 Å². The van der Waals surface area contributed by atoms with Crippen LogP contribution in [0.5, 0.6) is 0 Å². The Hall–Kier alpha value is -0.350. The van der Waals surface area contributed by atoms with E-state index >= 15 is 0 Å². The van der Waals surface area contributed by atoms with Gasteiger partial charge in [-0.15, -0.1) is 0 Å². The van der Waals surface area contributed by atoms with Crippen LogP contribution in [0.4, 0.5) is 22.0 Å². The Morgan fingerprint density at radius 2 is 1.14 bits per heavy atom. The number of rotatable bonds is 3. The van der Waals surface area contributed by atoms with Gasteiger partial charge in [-0.2, -0.15) is 13.2 Å². The predicted octanol–water partition coefficient (Wildman–Crippen LogP) is 4.79. The normalized spacial score (nSPS) is 12.0. The second kappa shape index (κ2) is 7.01. The molecule has 0 heterocycles. The Balaban J connectivity index is 0. The Morgan fingerprint density at radius 1 is 0.786 bits per heavy atom. The molecule has 0 aliphatic heterocycles. The summed E-state index contributed by atoms with van der Waals surface area (Å²) in [6, 6.07) is 0. The molecule has 5 heteroatoms. The molecular formula is C9H17F5. The van der Waals surface area contributed by atoms with Crippen molar-refractivity contribution in [3.63, 3.8) is 0 Å². The van der Waals surface area contributed by atoms with Crippen molar-refractivity contribution in [2.45, 2.75) is 58.6 Å². The molecule has 14 heavy (non-hydrogen) atoms. The van der Waals surface area contributed by atoms with Crippen molar-refractivity contribution < 1.29 is 22.0 Å². The average Bonchev–Trinajstić information content (AvgIpc) is 1.81. The summed E-state index contributed by atoms with van der Waals surface area (Å²) in [4.78, 5) is 0. The molecule has 0 aromatic rings. The molecule has 0 saturated carbocycles. The molecule has 0 radical (unpaired) electrons. The molecule has 0 saturated heterocycles. The van der Waals surface area contributed by atoms with Gasteiger partial charge in [0.25, 0.3) is 0 Å². The van der Waals surface area contributed by atoms with Crippen molar-refractivity contribution in [1.82, 2.24) is 0 Å². The minimum Gasteiger partial charge on any atom is -0.207 e. The molecule has 0 rings (SSSR count). The van der Waals surface area contributed by atoms with Crippen LogP contribution >= 0.6 is 0 Å². The third-order valence-corrected chi connectivity index (χ3v) is 1.22. The van der Waals surface area contributed by atoms with Crippen LogP contribution < -0.4 is 0 Å². The van der Waals surface area contributed by atoms with Crippen molar-refractivity contribution in [2.75, 3.05) is 0 Å². The van der Waals surface area contributed by atoms with Crippen molar-refractivity contribution in [1.29, 1.82) is 0 Å². The van der Waals surface area contributed by atoms with Crippen LogP contribution in [0, 0.1) is 0 Å². The summed E-state index contributed by atoms with van der Waals surface area (Å²) in [5, 5.41) is 0. The second-order valence-corrected chi connectivity index (χ2v) is 3.19. The van der Waals surface area contributed by atoms with Gasteiger partial charge in [-0.1, -0.05) is 20.3 Å². The molecular weight excluding hydrogens is 203 g/mol. The predicted molar refractivity (Wildman–Crippen MR) is 46.5 cm³/mol. The van der Waals surface area contributed by atoms with Crippen LogP contribution in [-0.2, 0) is 0 Å². The first-order chi connectivity index (χ1) is 6.12. The fourth-order valence-corrected chi connectivity index (χ4v) is 0.722. The monoisotopic (exact) mass is 220 g/mol. The lowest BCUT2D eigenvalue weighted by Gasteiger charge is -2.05. The van der Waals surface area contributed by atoms with Gasteiger partial charge in [0.05, 0.1) is 0 Å². The summed E-state index contributed by atoms with van der Waals surface area (Å²) in [5.41, 5.74) is 0. The van der Waals surface area contributed by atoms with Gasteiger partial charge in [0.2, 0.25) is 5.92 Å². The zero-order chi connectivity index (χ0) is 11.8. The highest BCUT2D eigenvalue weighted by Gasteiger charge is 2.24. The van der Waals surface area contributed by atoms with Gasteiger partial charge < -0.3 is 0 Å². The average molecular weight is 220 g/mol. The Kier molecular flexibility index (Phi) is 8.06. The summed E-state index contributed by atoms with van der Waals surface area (Å²) in [6.45, 7) is 4.20. The molecule has 0 nitrogen and oxygen atoms in total. The molecule has 88 valence electrons. The van der Waals surface area contributed by atoms with Crippen LogP contribution in [0.1, 0.15) is 46.5 Å². The minimum atomic E-state index is -3.95. The lowest BCUT2D eigenvalue weighted by molar-refractivity contribution is -0.134. The molecule has 0 bridgehead atoms. The molecule has 0 aromatic carbocycles. The maximum absolute atomic E-state index is 11.7. The summed E-state index contributed by atoms with van der Waals surface area (Å²) >= 11 is 0. The van der Waals surface area contributed by atoms with Gasteiger partial charge in [-0.25, -0.2) is 8.78 Å². The largest absolute Gasteiger partial charge is 0.389 e. The van der Waals surface area contributed by atoms with Crippen LogP contribution in [0.3, 0.4) is 0 Å². The quantitative estimate of drug-likeness (QED) is 0.600. The number of alkyl halides is 5. The van der Waals surface area contributed by atoms with E-state index in [0.29, 0.717) is 6.42 Å². The molecule has 0 atom stereocenters. The summed E-state index contributed by atoms with van der Waals surface area (Å²) in [5.74, 6) is -2.45. The minimum absolute atomic E-state index is 0.00694. The zero-order valence-electron chi connectivity index (χ0n) is 8.72. The standard InChI is InChI=1S/C5H10F2.C4H7F3/c1-3-4-5(2,6)7;1-2-3-4(5,6)7/h3-4H2,1-2H3;2-3H2,1H3. The summed E-state index contributed by atoms with van der Waals surface area (Å²) in [6.07, 6.45) is -3.86.